The standard InChI is InChI=1S/C16H25NS/c1-12(2)14-9-8-10-15(11-14)13(3)17-18(7)16(4,5)6/h8-12H,3H2,1-2,4-7H3. The molecule has 2 heteroatoms. The molecular weight excluding hydrogens is 238 g/mol. The molecule has 1 aromatic rings. The Labute approximate surface area is 114 Å². The molecule has 0 saturated heterocycles. The van der Waals surface area contributed by atoms with Crippen molar-refractivity contribution < 1.29 is 0 Å². The summed E-state index contributed by atoms with van der Waals surface area (Å²) in [6.07, 6.45) is 2.18. The highest BCUT2D eigenvalue weighted by Gasteiger charge is 2.13. The summed E-state index contributed by atoms with van der Waals surface area (Å²) in [7, 11) is -0.00976. The second kappa shape index (κ2) is 5.83. The minimum Gasteiger partial charge on any atom is -0.228 e. The maximum atomic E-state index is 4.75. The van der Waals surface area contributed by atoms with Gasteiger partial charge in [-0.25, -0.2) is 4.36 Å². The molecule has 0 saturated carbocycles. The molecule has 0 aliphatic carbocycles. The molecule has 0 N–H and O–H groups in total. The van der Waals surface area contributed by atoms with Crippen molar-refractivity contribution in [3.63, 3.8) is 0 Å². The second-order valence-electron chi connectivity index (χ2n) is 5.91. The first kappa shape index (κ1) is 15.2. The molecule has 1 atom stereocenters. The molecule has 1 nitrogen and oxygen atoms in total. The van der Waals surface area contributed by atoms with Crippen molar-refractivity contribution in [3.05, 3.63) is 42.0 Å². The maximum Gasteiger partial charge on any atom is 0.0703 e. The summed E-state index contributed by atoms with van der Waals surface area (Å²) in [4.78, 5) is 0. The lowest BCUT2D eigenvalue weighted by atomic mass is 10.0. The van der Waals surface area contributed by atoms with E-state index >= 15 is 0 Å². The van der Waals surface area contributed by atoms with E-state index in [4.69, 9.17) is 4.36 Å². The second-order valence-corrected chi connectivity index (χ2v) is 8.27. The van der Waals surface area contributed by atoms with Crippen molar-refractivity contribution in [2.45, 2.75) is 45.3 Å². The molecule has 1 unspecified atom stereocenters. The average Bonchev–Trinajstić information content (AvgIpc) is 2.27. The van der Waals surface area contributed by atoms with Crippen LogP contribution in [-0.2, 0) is 10.7 Å². The molecule has 1 aromatic carbocycles. The van der Waals surface area contributed by atoms with E-state index in [1.165, 1.54) is 5.56 Å². The van der Waals surface area contributed by atoms with Crippen molar-refractivity contribution in [2.24, 2.45) is 4.36 Å². The Morgan fingerprint density at radius 2 is 1.89 bits per heavy atom. The lowest BCUT2D eigenvalue weighted by molar-refractivity contribution is 0.798. The Bertz CT molecular complexity index is 464. The fourth-order valence-corrected chi connectivity index (χ4v) is 2.14. The number of hydrogen-bond donors (Lipinski definition) is 0. The average molecular weight is 263 g/mol. The van der Waals surface area contributed by atoms with Gasteiger partial charge in [0.1, 0.15) is 0 Å². The van der Waals surface area contributed by atoms with E-state index in [9.17, 15) is 0 Å². The molecule has 0 bridgehead atoms. The Hall–Kier alpha value is -0.890. The Balaban J connectivity index is 3.02. The third-order valence-corrected chi connectivity index (χ3v) is 5.29. The van der Waals surface area contributed by atoms with Gasteiger partial charge in [-0.15, -0.1) is 0 Å². The van der Waals surface area contributed by atoms with Crippen LogP contribution in [0.5, 0.6) is 0 Å². The molecular formula is C16H25NS. The molecule has 0 amide bonds. The molecule has 1 rings (SSSR count). The van der Waals surface area contributed by atoms with E-state index in [1.807, 2.05) is 0 Å². The molecule has 0 radical (unpaired) electrons. The monoisotopic (exact) mass is 263 g/mol. The molecule has 0 aliphatic rings. The van der Waals surface area contributed by atoms with Crippen molar-refractivity contribution in [3.8, 4) is 0 Å². The van der Waals surface area contributed by atoms with E-state index in [-0.39, 0.29) is 15.4 Å². The highest BCUT2D eigenvalue weighted by Crippen LogP contribution is 2.23. The molecule has 0 heterocycles. The largest absolute Gasteiger partial charge is 0.228 e. The van der Waals surface area contributed by atoms with Gasteiger partial charge < -0.3 is 0 Å². The van der Waals surface area contributed by atoms with Gasteiger partial charge in [0, 0.05) is 10.3 Å². The molecule has 0 spiro atoms. The van der Waals surface area contributed by atoms with Crippen LogP contribution in [0.25, 0.3) is 5.70 Å². The molecule has 100 valence electrons. The van der Waals surface area contributed by atoms with E-state index in [1.54, 1.807) is 0 Å². The normalized spacial score (nSPS) is 13.9. The van der Waals surface area contributed by atoms with Gasteiger partial charge in [-0.2, -0.15) is 0 Å². The summed E-state index contributed by atoms with van der Waals surface area (Å²) in [6, 6.07) is 8.56. The van der Waals surface area contributed by atoms with E-state index in [0.29, 0.717) is 5.92 Å². The predicted octanol–water partition coefficient (Wildman–Crippen LogP) is 5.01. The van der Waals surface area contributed by atoms with E-state index < -0.39 is 0 Å². The van der Waals surface area contributed by atoms with Crippen LogP contribution >= 0.6 is 0 Å². The van der Waals surface area contributed by atoms with Crippen molar-refractivity contribution in [2.75, 3.05) is 6.26 Å². The zero-order valence-corrected chi connectivity index (χ0v) is 13.3. The Morgan fingerprint density at radius 3 is 2.39 bits per heavy atom. The predicted molar refractivity (Wildman–Crippen MR) is 85.0 cm³/mol. The summed E-state index contributed by atoms with van der Waals surface area (Å²) in [5.41, 5.74) is 3.39. The van der Waals surface area contributed by atoms with Gasteiger partial charge in [-0.05, 0) is 23.8 Å². The summed E-state index contributed by atoms with van der Waals surface area (Å²) >= 11 is 0. The zero-order valence-electron chi connectivity index (χ0n) is 12.4. The summed E-state index contributed by atoms with van der Waals surface area (Å²) in [5.74, 6) is 0.542. The van der Waals surface area contributed by atoms with Gasteiger partial charge in [-0.3, -0.25) is 0 Å². The van der Waals surface area contributed by atoms with Gasteiger partial charge in [0.05, 0.1) is 5.70 Å². The summed E-state index contributed by atoms with van der Waals surface area (Å²) in [6.45, 7) is 15.2. The van der Waals surface area contributed by atoms with Crippen LogP contribution < -0.4 is 0 Å². The van der Waals surface area contributed by atoms with Gasteiger partial charge in [0.2, 0.25) is 0 Å². The van der Waals surface area contributed by atoms with Crippen LogP contribution in [0.3, 0.4) is 0 Å². The topological polar surface area (TPSA) is 12.4 Å². The first-order valence-corrected chi connectivity index (χ1v) is 7.98. The quantitative estimate of drug-likeness (QED) is 0.727. The van der Waals surface area contributed by atoms with E-state index in [0.717, 1.165) is 11.3 Å². The van der Waals surface area contributed by atoms with Gasteiger partial charge >= 0.3 is 0 Å². The number of rotatable bonds is 3. The van der Waals surface area contributed by atoms with Crippen LogP contribution in [0.15, 0.2) is 35.2 Å². The summed E-state index contributed by atoms with van der Waals surface area (Å²) < 4.78 is 4.96. The van der Waals surface area contributed by atoms with Gasteiger partial charge in [-0.1, -0.05) is 70.1 Å². The third kappa shape index (κ3) is 4.09. The number of hydrogen-bond acceptors (Lipinski definition) is 1. The number of nitrogens with zero attached hydrogens (tertiary/aromatic N) is 1. The maximum absolute atomic E-state index is 4.75. The lowest BCUT2D eigenvalue weighted by Gasteiger charge is -2.20. The first-order valence-electron chi connectivity index (χ1n) is 6.39. The highest BCUT2D eigenvalue weighted by atomic mass is 32.2. The summed E-state index contributed by atoms with van der Waals surface area (Å²) in [5, 5.41) is 0. The fourth-order valence-electron chi connectivity index (χ4n) is 1.43. The van der Waals surface area contributed by atoms with Crippen LogP contribution in [0.4, 0.5) is 0 Å². The fraction of sp³-hybridized carbons (Fsp3) is 0.500. The minimum atomic E-state index is -0.00976. The smallest absolute Gasteiger partial charge is 0.0703 e. The minimum absolute atomic E-state index is 0.00976. The van der Waals surface area contributed by atoms with Gasteiger partial charge in [0.15, 0.2) is 0 Å². The lowest BCUT2D eigenvalue weighted by Crippen LogP contribution is -2.20. The van der Waals surface area contributed by atoms with Crippen molar-refractivity contribution in [1.29, 1.82) is 0 Å². The molecule has 0 aliphatic heterocycles. The Kier molecular flexibility index (Phi) is 4.92. The third-order valence-electron chi connectivity index (χ3n) is 3.02. The van der Waals surface area contributed by atoms with Crippen LogP contribution in [-0.4, -0.2) is 11.0 Å². The van der Waals surface area contributed by atoms with Crippen molar-refractivity contribution in [1.82, 2.24) is 0 Å². The molecule has 18 heavy (non-hydrogen) atoms. The first-order chi connectivity index (χ1) is 8.21. The number of benzene rings is 1. The van der Waals surface area contributed by atoms with Crippen molar-refractivity contribution >= 4 is 16.4 Å². The van der Waals surface area contributed by atoms with Gasteiger partial charge in [0.25, 0.3) is 0 Å². The van der Waals surface area contributed by atoms with Crippen LogP contribution in [0.2, 0.25) is 0 Å². The van der Waals surface area contributed by atoms with Crippen LogP contribution in [0, 0.1) is 0 Å². The highest BCUT2D eigenvalue weighted by molar-refractivity contribution is 7.88. The zero-order chi connectivity index (χ0) is 13.9. The SMILES string of the molecule is C=C(N=S(C)C(C)(C)C)c1cccc(C(C)C)c1. The van der Waals surface area contributed by atoms with E-state index in [2.05, 4.69) is 71.7 Å². The Morgan fingerprint density at radius 1 is 1.28 bits per heavy atom. The molecule has 0 aromatic heterocycles. The molecule has 0 fully saturated rings. The van der Waals surface area contributed by atoms with Crippen LogP contribution in [0.1, 0.15) is 51.7 Å².